The average molecular weight is 361 g/mol. The predicted octanol–water partition coefficient (Wildman–Crippen LogP) is 5.25. The van der Waals surface area contributed by atoms with Crippen molar-refractivity contribution in [3.05, 3.63) is 132 Å². The lowest BCUT2D eigenvalue weighted by atomic mass is 9.87. The van der Waals surface area contributed by atoms with E-state index >= 15 is 0 Å². The van der Waals surface area contributed by atoms with Gasteiger partial charge < -0.3 is 5.32 Å². The number of anilines is 1. The van der Waals surface area contributed by atoms with Crippen LogP contribution in [0.4, 0.5) is 5.69 Å². The van der Waals surface area contributed by atoms with Gasteiger partial charge in [-0.1, -0.05) is 78.9 Å². The Morgan fingerprint density at radius 3 is 1.93 bits per heavy atom. The summed E-state index contributed by atoms with van der Waals surface area (Å²) in [7, 11) is 0. The van der Waals surface area contributed by atoms with E-state index in [0.717, 1.165) is 33.7 Å². The Kier molecular flexibility index (Phi) is 3.99. The molecular weight excluding hydrogens is 342 g/mol. The molecule has 0 amide bonds. The van der Waals surface area contributed by atoms with Gasteiger partial charge in [-0.2, -0.15) is 0 Å². The lowest BCUT2D eigenvalue weighted by Crippen LogP contribution is -2.39. The minimum Gasteiger partial charge on any atom is -0.353 e. The molecule has 0 unspecified atom stereocenters. The van der Waals surface area contributed by atoms with Crippen LogP contribution in [0.2, 0.25) is 0 Å². The molecule has 3 heteroatoms. The monoisotopic (exact) mass is 361 g/mol. The van der Waals surface area contributed by atoms with Gasteiger partial charge in [0.1, 0.15) is 0 Å². The van der Waals surface area contributed by atoms with Crippen LogP contribution in [0, 0.1) is 0 Å². The molecule has 0 bridgehead atoms. The summed E-state index contributed by atoms with van der Waals surface area (Å²) in [5, 5.41) is 3.73. The van der Waals surface area contributed by atoms with Crippen LogP contribution in [-0.4, -0.2) is 10.7 Å². The van der Waals surface area contributed by atoms with Crippen molar-refractivity contribution in [3.63, 3.8) is 0 Å². The van der Waals surface area contributed by atoms with E-state index in [4.69, 9.17) is 4.99 Å². The summed E-state index contributed by atoms with van der Waals surface area (Å²) in [6.07, 6.45) is 3.67. The minimum atomic E-state index is -0.706. The molecule has 0 aliphatic carbocycles. The number of aliphatic imine (C=N–C) groups is 1. The van der Waals surface area contributed by atoms with Crippen molar-refractivity contribution in [2.24, 2.45) is 4.99 Å². The number of nitrogens with one attached hydrogen (secondary N) is 1. The van der Waals surface area contributed by atoms with E-state index < -0.39 is 5.66 Å². The van der Waals surface area contributed by atoms with Crippen molar-refractivity contribution >= 4 is 11.4 Å². The number of benzene rings is 3. The molecule has 0 atom stereocenters. The predicted molar refractivity (Wildman–Crippen MR) is 114 cm³/mol. The normalized spacial score (nSPS) is 14.5. The second-order valence-corrected chi connectivity index (χ2v) is 6.82. The first-order valence-electron chi connectivity index (χ1n) is 9.36. The first-order valence-corrected chi connectivity index (χ1v) is 9.36. The standard InChI is InChI=1S/C25H19N3/c1-3-11-20(12-4-1)25(21-13-5-2-6-14-21)27-23-16-8-7-15-22(23)24(28-25)19-10-9-17-26-18-19/h1-18,27H. The molecule has 0 spiro atoms. The molecule has 134 valence electrons. The van der Waals surface area contributed by atoms with Crippen molar-refractivity contribution in [3.8, 4) is 0 Å². The second-order valence-electron chi connectivity index (χ2n) is 6.82. The zero-order valence-corrected chi connectivity index (χ0v) is 15.3. The van der Waals surface area contributed by atoms with Gasteiger partial charge in [0, 0.05) is 40.3 Å². The Morgan fingerprint density at radius 1 is 0.643 bits per heavy atom. The van der Waals surface area contributed by atoms with Crippen LogP contribution in [0.1, 0.15) is 22.3 Å². The third-order valence-electron chi connectivity index (χ3n) is 5.10. The molecular formula is C25H19N3. The van der Waals surface area contributed by atoms with E-state index in [1.165, 1.54) is 0 Å². The van der Waals surface area contributed by atoms with Crippen LogP contribution in [0.5, 0.6) is 0 Å². The van der Waals surface area contributed by atoms with Gasteiger partial charge in [0.25, 0.3) is 0 Å². The highest BCUT2D eigenvalue weighted by Gasteiger charge is 2.38. The first-order chi connectivity index (χ1) is 13.9. The van der Waals surface area contributed by atoms with Gasteiger partial charge in [-0.15, -0.1) is 0 Å². The van der Waals surface area contributed by atoms with Crippen LogP contribution in [0.15, 0.2) is 114 Å². The van der Waals surface area contributed by atoms with Gasteiger partial charge in [-0.3, -0.25) is 4.98 Å². The molecule has 0 radical (unpaired) electrons. The molecule has 1 aromatic heterocycles. The van der Waals surface area contributed by atoms with Crippen molar-refractivity contribution in [1.29, 1.82) is 0 Å². The minimum absolute atomic E-state index is 0.706. The molecule has 1 aliphatic rings. The smallest absolute Gasteiger partial charge is 0.182 e. The topological polar surface area (TPSA) is 37.3 Å². The Balaban J connectivity index is 1.83. The lowest BCUT2D eigenvalue weighted by molar-refractivity contribution is 0.620. The molecule has 0 saturated carbocycles. The zero-order chi connectivity index (χ0) is 18.8. The van der Waals surface area contributed by atoms with Gasteiger partial charge in [0.2, 0.25) is 0 Å². The maximum Gasteiger partial charge on any atom is 0.182 e. The number of pyridine rings is 1. The van der Waals surface area contributed by atoms with E-state index in [0.29, 0.717) is 0 Å². The average Bonchev–Trinajstić information content (AvgIpc) is 2.80. The third-order valence-corrected chi connectivity index (χ3v) is 5.10. The molecule has 28 heavy (non-hydrogen) atoms. The maximum atomic E-state index is 5.33. The highest BCUT2D eigenvalue weighted by Crippen LogP contribution is 2.40. The number of nitrogens with zero attached hydrogens (tertiary/aromatic N) is 2. The summed E-state index contributed by atoms with van der Waals surface area (Å²) < 4.78 is 0. The fourth-order valence-electron chi connectivity index (χ4n) is 3.77. The molecule has 0 saturated heterocycles. The number of hydrogen-bond donors (Lipinski definition) is 1. The number of para-hydroxylation sites is 1. The summed E-state index contributed by atoms with van der Waals surface area (Å²) in [4.78, 5) is 9.66. The quantitative estimate of drug-likeness (QED) is 0.541. The van der Waals surface area contributed by atoms with Crippen LogP contribution in [0.3, 0.4) is 0 Å². The Labute approximate surface area is 164 Å². The molecule has 3 aromatic carbocycles. The Morgan fingerprint density at radius 2 is 1.29 bits per heavy atom. The fraction of sp³-hybridized carbons (Fsp3) is 0.0400. The number of fused-ring (bicyclic) bond motifs is 1. The fourth-order valence-corrected chi connectivity index (χ4v) is 3.77. The van der Waals surface area contributed by atoms with E-state index in [1.807, 2.05) is 30.5 Å². The summed E-state index contributed by atoms with van der Waals surface area (Å²) >= 11 is 0. The highest BCUT2D eigenvalue weighted by atomic mass is 15.2. The van der Waals surface area contributed by atoms with Crippen LogP contribution in [0.25, 0.3) is 0 Å². The van der Waals surface area contributed by atoms with Crippen LogP contribution < -0.4 is 5.32 Å². The molecule has 1 N–H and O–H groups in total. The molecule has 0 fully saturated rings. The summed E-state index contributed by atoms with van der Waals surface area (Å²) in [6.45, 7) is 0. The van der Waals surface area contributed by atoms with Crippen molar-refractivity contribution < 1.29 is 0 Å². The van der Waals surface area contributed by atoms with Gasteiger partial charge in [0.05, 0.1) is 5.71 Å². The van der Waals surface area contributed by atoms with Gasteiger partial charge in [-0.25, -0.2) is 4.99 Å². The molecule has 5 rings (SSSR count). The summed E-state index contributed by atoms with van der Waals surface area (Å²) in [5.41, 5.74) is 5.57. The SMILES string of the molecule is c1ccc(C2(c3ccccc3)N=C(c3cccnc3)c3ccccc3N2)cc1. The van der Waals surface area contributed by atoms with Gasteiger partial charge in [-0.05, 0) is 18.2 Å². The van der Waals surface area contributed by atoms with Crippen LogP contribution >= 0.6 is 0 Å². The number of aromatic nitrogens is 1. The van der Waals surface area contributed by atoms with Crippen molar-refractivity contribution in [2.45, 2.75) is 5.66 Å². The Hall–Kier alpha value is -3.72. The van der Waals surface area contributed by atoms with Crippen molar-refractivity contribution in [1.82, 2.24) is 4.98 Å². The maximum absolute atomic E-state index is 5.33. The van der Waals surface area contributed by atoms with Gasteiger partial charge in [0.15, 0.2) is 5.66 Å². The van der Waals surface area contributed by atoms with E-state index in [1.54, 1.807) is 6.20 Å². The zero-order valence-electron chi connectivity index (χ0n) is 15.3. The molecule has 2 heterocycles. The largest absolute Gasteiger partial charge is 0.353 e. The molecule has 4 aromatic rings. The molecule has 3 nitrogen and oxygen atoms in total. The first kappa shape index (κ1) is 16.5. The van der Waals surface area contributed by atoms with Gasteiger partial charge >= 0.3 is 0 Å². The lowest BCUT2D eigenvalue weighted by Gasteiger charge is -2.38. The number of rotatable bonds is 3. The molecule has 1 aliphatic heterocycles. The second kappa shape index (κ2) is 6.78. The summed E-state index contributed by atoms with van der Waals surface area (Å²) in [5.74, 6) is 0. The number of hydrogen-bond acceptors (Lipinski definition) is 3. The van der Waals surface area contributed by atoms with E-state index in [2.05, 4.69) is 83.1 Å². The van der Waals surface area contributed by atoms with E-state index in [-0.39, 0.29) is 0 Å². The third kappa shape index (κ3) is 2.69. The Bertz CT molecular complexity index is 1080. The van der Waals surface area contributed by atoms with E-state index in [9.17, 15) is 0 Å². The summed E-state index contributed by atoms with van der Waals surface area (Å²) in [6, 6.07) is 33.1. The highest BCUT2D eigenvalue weighted by molar-refractivity contribution is 6.17. The van der Waals surface area contributed by atoms with Crippen LogP contribution in [-0.2, 0) is 5.66 Å². The van der Waals surface area contributed by atoms with Crippen molar-refractivity contribution in [2.75, 3.05) is 5.32 Å².